The molecule has 1 aliphatic rings. The minimum atomic E-state index is -4.17. The molecule has 0 bridgehead atoms. The van der Waals surface area contributed by atoms with Crippen LogP contribution in [0.15, 0.2) is 47.4 Å². The van der Waals surface area contributed by atoms with Crippen molar-refractivity contribution in [1.82, 2.24) is 14.5 Å². The molecule has 4 rings (SSSR count). The third kappa shape index (κ3) is 4.66. The Balaban J connectivity index is 1.49. The second kappa shape index (κ2) is 8.96. The number of sulfonamides is 1. The van der Waals surface area contributed by atoms with Crippen LogP contribution in [-0.4, -0.2) is 41.9 Å². The molecule has 1 unspecified atom stereocenters. The third-order valence-corrected chi connectivity index (χ3v) is 7.95. The van der Waals surface area contributed by atoms with Crippen LogP contribution in [0.3, 0.4) is 0 Å². The molecule has 168 valence electrons. The molecular formula is C20H17F3N4O3S2. The average Bonchev–Trinajstić information content (AvgIpc) is 3.24. The van der Waals surface area contributed by atoms with Gasteiger partial charge in [-0.15, -0.1) is 10.2 Å². The fourth-order valence-corrected chi connectivity index (χ4v) is 5.86. The van der Waals surface area contributed by atoms with E-state index in [0.717, 1.165) is 33.8 Å². The first-order valence-corrected chi connectivity index (χ1v) is 11.9. The Kier molecular flexibility index (Phi) is 6.26. The molecule has 12 heteroatoms. The summed E-state index contributed by atoms with van der Waals surface area (Å²) in [6, 6.07) is 7.73. The molecule has 3 aromatic rings. The number of nitrogens with one attached hydrogen (secondary N) is 1. The van der Waals surface area contributed by atoms with E-state index in [-0.39, 0.29) is 29.7 Å². The Morgan fingerprint density at radius 2 is 1.88 bits per heavy atom. The summed E-state index contributed by atoms with van der Waals surface area (Å²) in [5.41, 5.74) is 0.267. The molecule has 32 heavy (non-hydrogen) atoms. The van der Waals surface area contributed by atoms with Crippen molar-refractivity contribution >= 4 is 33.0 Å². The molecule has 7 nitrogen and oxygen atoms in total. The molecule has 1 aromatic heterocycles. The lowest BCUT2D eigenvalue weighted by Gasteiger charge is -2.30. The molecule has 1 N–H and O–H groups in total. The number of hydrogen-bond acceptors (Lipinski definition) is 6. The van der Waals surface area contributed by atoms with Crippen LogP contribution < -0.4 is 5.32 Å². The van der Waals surface area contributed by atoms with Crippen molar-refractivity contribution in [3.05, 3.63) is 69.9 Å². The Morgan fingerprint density at radius 1 is 1.09 bits per heavy atom. The summed E-state index contributed by atoms with van der Waals surface area (Å²) in [6.45, 7) is 0.209. The smallest absolute Gasteiger partial charge is 0.286 e. The highest BCUT2D eigenvalue weighted by Gasteiger charge is 2.34. The second-order valence-electron chi connectivity index (χ2n) is 7.19. The van der Waals surface area contributed by atoms with Crippen LogP contribution in [0.1, 0.15) is 33.6 Å². The predicted octanol–water partition coefficient (Wildman–Crippen LogP) is 3.78. The van der Waals surface area contributed by atoms with Crippen LogP contribution >= 0.6 is 11.3 Å². The molecule has 1 saturated heterocycles. The van der Waals surface area contributed by atoms with Crippen molar-refractivity contribution in [3.63, 3.8) is 0 Å². The number of piperidine rings is 1. The van der Waals surface area contributed by atoms with Gasteiger partial charge in [-0.25, -0.2) is 21.6 Å². The van der Waals surface area contributed by atoms with Crippen molar-refractivity contribution in [2.24, 2.45) is 0 Å². The lowest BCUT2D eigenvalue weighted by molar-refractivity contribution is 0.102. The van der Waals surface area contributed by atoms with E-state index in [1.807, 2.05) is 0 Å². The second-order valence-corrected chi connectivity index (χ2v) is 10.1. The van der Waals surface area contributed by atoms with E-state index < -0.39 is 38.3 Å². The first-order valence-electron chi connectivity index (χ1n) is 9.59. The van der Waals surface area contributed by atoms with Gasteiger partial charge in [-0.2, -0.15) is 4.31 Å². The van der Waals surface area contributed by atoms with E-state index >= 15 is 0 Å². The first kappa shape index (κ1) is 22.4. The first-order chi connectivity index (χ1) is 15.2. The highest BCUT2D eigenvalue weighted by Crippen LogP contribution is 2.32. The minimum Gasteiger partial charge on any atom is -0.320 e. The van der Waals surface area contributed by atoms with E-state index in [2.05, 4.69) is 15.5 Å². The Hall–Kier alpha value is -2.83. The Labute approximate surface area is 186 Å². The molecule has 2 aromatic carbocycles. The zero-order valence-electron chi connectivity index (χ0n) is 16.5. The number of amides is 1. The van der Waals surface area contributed by atoms with E-state index in [9.17, 15) is 26.4 Å². The largest absolute Gasteiger partial charge is 0.320 e. The number of nitrogens with zero attached hydrogens (tertiary/aromatic N) is 3. The van der Waals surface area contributed by atoms with Gasteiger partial charge in [-0.1, -0.05) is 17.4 Å². The average molecular weight is 483 g/mol. The molecular weight excluding hydrogens is 465 g/mol. The lowest BCUT2D eigenvalue weighted by atomic mass is 10.0. The topological polar surface area (TPSA) is 92.3 Å². The standard InChI is InChI=1S/C20H17F3N4O3S2/c21-13-4-1-5-15(9-13)24-18(28)20-26-25-19(31-20)12-3-2-8-27(11-12)32(29,30)17-7-6-14(22)10-16(17)23/h1,4-7,9-10,12H,2-3,8,11H2,(H,24,28). The zero-order valence-corrected chi connectivity index (χ0v) is 18.1. The zero-order chi connectivity index (χ0) is 22.9. The van der Waals surface area contributed by atoms with Crippen LogP contribution in [0.25, 0.3) is 0 Å². The van der Waals surface area contributed by atoms with Crippen molar-refractivity contribution < 1.29 is 26.4 Å². The SMILES string of the molecule is O=C(Nc1cccc(F)c1)c1nnc(C2CCCN(S(=O)(=O)c3ccc(F)cc3F)C2)s1. The van der Waals surface area contributed by atoms with Crippen LogP contribution in [0.5, 0.6) is 0 Å². The number of carbonyl (C=O) groups is 1. The van der Waals surface area contributed by atoms with Crippen LogP contribution in [0.2, 0.25) is 0 Å². The molecule has 0 spiro atoms. The monoisotopic (exact) mass is 482 g/mol. The molecule has 0 radical (unpaired) electrons. The number of halogens is 3. The van der Waals surface area contributed by atoms with Gasteiger partial charge in [0.1, 0.15) is 27.4 Å². The van der Waals surface area contributed by atoms with E-state index in [1.165, 1.54) is 18.2 Å². The normalized spacial score (nSPS) is 17.3. The number of anilines is 1. The maximum Gasteiger partial charge on any atom is 0.286 e. The number of aromatic nitrogens is 2. The van der Waals surface area contributed by atoms with Crippen LogP contribution in [0, 0.1) is 17.5 Å². The maximum absolute atomic E-state index is 14.1. The highest BCUT2D eigenvalue weighted by atomic mass is 32.2. The predicted molar refractivity (Wildman–Crippen MR) is 111 cm³/mol. The van der Waals surface area contributed by atoms with Gasteiger partial charge >= 0.3 is 0 Å². The summed E-state index contributed by atoms with van der Waals surface area (Å²) < 4.78 is 67.4. The van der Waals surface area contributed by atoms with Crippen LogP contribution in [0.4, 0.5) is 18.9 Å². The van der Waals surface area contributed by atoms with Gasteiger partial charge in [0.25, 0.3) is 5.91 Å². The van der Waals surface area contributed by atoms with Crippen LogP contribution in [-0.2, 0) is 10.0 Å². The van der Waals surface area contributed by atoms with E-state index in [1.54, 1.807) is 0 Å². The van der Waals surface area contributed by atoms with Crippen molar-refractivity contribution in [2.75, 3.05) is 18.4 Å². The van der Waals surface area contributed by atoms with Gasteiger partial charge in [0, 0.05) is 30.8 Å². The van der Waals surface area contributed by atoms with Gasteiger partial charge in [-0.05, 0) is 43.2 Å². The summed E-state index contributed by atoms with van der Waals surface area (Å²) in [5, 5.41) is 10.9. The van der Waals surface area contributed by atoms with Crippen molar-refractivity contribution in [2.45, 2.75) is 23.7 Å². The Morgan fingerprint density at radius 3 is 2.62 bits per heavy atom. The molecule has 1 fully saturated rings. The minimum absolute atomic E-state index is 0.0271. The summed E-state index contributed by atoms with van der Waals surface area (Å²) in [4.78, 5) is 11.8. The number of hydrogen-bond donors (Lipinski definition) is 1. The number of rotatable bonds is 5. The van der Waals surface area contributed by atoms with Gasteiger partial charge in [-0.3, -0.25) is 4.79 Å². The fraction of sp³-hybridized carbons (Fsp3) is 0.250. The van der Waals surface area contributed by atoms with E-state index in [4.69, 9.17) is 0 Å². The van der Waals surface area contributed by atoms with Gasteiger partial charge < -0.3 is 5.32 Å². The molecule has 0 saturated carbocycles. The maximum atomic E-state index is 14.1. The summed E-state index contributed by atoms with van der Waals surface area (Å²) in [6.07, 6.45) is 1.11. The molecule has 1 aliphatic heterocycles. The number of benzene rings is 2. The third-order valence-electron chi connectivity index (χ3n) is 4.96. The lowest BCUT2D eigenvalue weighted by Crippen LogP contribution is -2.39. The summed E-state index contributed by atoms with van der Waals surface area (Å²) in [5.74, 6) is -3.42. The van der Waals surface area contributed by atoms with Crippen molar-refractivity contribution in [3.8, 4) is 0 Å². The molecule has 1 atom stereocenters. The quantitative estimate of drug-likeness (QED) is 0.598. The highest BCUT2D eigenvalue weighted by molar-refractivity contribution is 7.89. The van der Waals surface area contributed by atoms with Gasteiger partial charge in [0.05, 0.1) is 0 Å². The molecule has 1 amide bonds. The summed E-state index contributed by atoms with van der Waals surface area (Å²) in [7, 11) is -4.17. The van der Waals surface area contributed by atoms with Gasteiger partial charge in [0.15, 0.2) is 0 Å². The molecule has 0 aliphatic carbocycles. The fourth-order valence-electron chi connectivity index (χ4n) is 3.43. The number of carbonyl (C=O) groups excluding carboxylic acids is 1. The van der Waals surface area contributed by atoms with E-state index in [0.29, 0.717) is 23.9 Å². The van der Waals surface area contributed by atoms with Crippen molar-refractivity contribution in [1.29, 1.82) is 0 Å². The van der Waals surface area contributed by atoms with Gasteiger partial charge in [0.2, 0.25) is 15.0 Å². The Bertz CT molecular complexity index is 1270. The summed E-state index contributed by atoms with van der Waals surface area (Å²) >= 11 is 1.01. The molecule has 2 heterocycles.